The van der Waals surface area contributed by atoms with Crippen molar-refractivity contribution in [1.29, 1.82) is 0 Å². The number of hydrogen-bond acceptors (Lipinski definition) is 2. The number of hydrogen-bond donors (Lipinski definition) is 2. The van der Waals surface area contributed by atoms with Gasteiger partial charge in [-0.1, -0.05) is 56.4 Å². The fraction of sp³-hybridized carbons (Fsp3) is 0.600. The summed E-state index contributed by atoms with van der Waals surface area (Å²) in [5.41, 5.74) is 2.25. The van der Waals surface area contributed by atoms with Gasteiger partial charge in [0.05, 0.1) is 0 Å². The average Bonchev–Trinajstić information content (AvgIpc) is 3.05. The number of aromatic amines is 2. The third-order valence-corrected chi connectivity index (χ3v) is 1.66. The van der Waals surface area contributed by atoms with E-state index in [9.17, 15) is 0 Å². The Morgan fingerprint density at radius 2 is 0.800 bits per heavy atom. The summed E-state index contributed by atoms with van der Waals surface area (Å²) in [6.45, 7) is 19.8. The Bertz CT molecular complexity index is 325. The summed E-state index contributed by atoms with van der Waals surface area (Å²) in [6, 6.07) is 0. The topological polar surface area (TPSA) is 57.4 Å². The largest absolute Gasteiger partial charge is 2.00 e. The number of H-pyrrole nitrogens is 2. The van der Waals surface area contributed by atoms with Crippen molar-refractivity contribution >= 4 is 0 Å². The van der Waals surface area contributed by atoms with Crippen LogP contribution in [-0.2, 0) is 21.1 Å². The van der Waals surface area contributed by atoms with Crippen molar-refractivity contribution in [1.82, 2.24) is 19.9 Å². The first-order valence-electron chi connectivity index (χ1n) is 7.54. The minimum absolute atomic E-state index is 0. The van der Waals surface area contributed by atoms with Crippen LogP contribution >= 0.6 is 0 Å². The first-order chi connectivity index (χ1) is 9.58. The van der Waals surface area contributed by atoms with E-state index in [-0.39, 0.29) is 50.8 Å². The number of nitrogens with zero attached hydrogens (tertiary/aromatic N) is 2. The normalized spacial score (nSPS) is 6.00. The number of aromatic nitrogens is 4. The van der Waals surface area contributed by atoms with E-state index < -0.39 is 0 Å². The van der Waals surface area contributed by atoms with Gasteiger partial charge in [0.2, 0.25) is 0 Å². The molecule has 0 saturated heterocycles. The van der Waals surface area contributed by atoms with Gasteiger partial charge < -0.3 is 24.8 Å². The van der Waals surface area contributed by atoms with Gasteiger partial charge >= 0.3 is 21.1 Å². The van der Waals surface area contributed by atoms with E-state index in [4.69, 9.17) is 0 Å². The van der Waals surface area contributed by atoms with Crippen LogP contribution in [-0.4, -0.2) is 19.9 Å². The van der Waals surface area contributed by atoms with Crippen LogP contribution in [0.2, 0.25) is 0 Å². The summed E-state index contributed by atoms with van der Waals surface area (Å²) in [6.07, 6.45) is 3.63. The smallest absolute Gasteiger partial charge is 0.358 e. The molecule has 2 heterocycles. The van der Waals surface area contributed by atoms with Gasteiger partial charge in [0.15, 0.2) is 0 Å². The molecule has 0 spiro atoms. The number of rotatable bonds is 0. The second kappa shape index (κ2) is 38.6. The maximum Gasteiger partial charge on any atom is 2.00 e. The molecule has 5 heteroatoms. The van der Waals surface area contributed by atoms with E-state index in [1.54, 1.807) is 0 Å². The minimum atomic E-state index is 0. The van der Waals surface area contributed by atoms with Crippen molar-refractivity contribution < 1.29 is 21.1 Å². The molecule has 0 atom stereocenters. The van der Waals surface area contributed by atoms with Gasteiger partial charge in [-0.05, 0) is 27.7 Å². The summed E-state index contributed by atoms with van der Waals surface area (Å²) < 4.78 is 0. The Kier molecular flexibility index (Phi) is 76.6. The molecular weight excluding hydrogens is 480 g/mol. The first kappa shape index (κ1) is 49.6. The Balaban J connectivity index is -0.0000000257. The van der Waals surface area contributed by atoms with E-state index in [2.05, 4.69) is 19.9 Å². The molecule has 0 amide bonds. The fourth-order valence-electron chi connectivity index (χ4n) is 1.09. The van der Waals surface area contributed by atoms with Gasteiger partial charge in [0.1, 0.15) is 11.6 Å². The van der Waals surface area contributed by atoms with Crippen LogP contribution in [0.3, 0.4) is 0 Å². The molecule has 0 aliphatic rings. The van der Waals surface area contributed by atoms with Gasteiger partial charge in [0, 0.05) is 23.8 Å². The molecule has 4 nitrogen and oxygen atoms in total. The van der Waals surface area contributed by atoms with E-state index in [0.717, 1.165) is 23.0 Å². The van der Waals surface area contributed by atoms with Crippen molar-refractivity contribution in [3.05, 3.63) is 50.3 Å². The van der Waals surface area contributed by atoms with Gasteiger partial charge in [-0.25, -0.2) is 9.97 Å². The van der Waals surface area contributed by atoms with E-state index in [1.807, 2.05) is 81.6 Å². The molecule has 154 valence electrons. The predicted octanol–water partition coefficient (Wildman–Crippen LogP) is 7.30. The Hall–Kier alpha value is -0.892. The Morgan fingerprint density at radius 3 is 0.840 bits per heavy atom. The van der Waals surface area contributed by atoms with Crippen molar-refractivity contribution in [2.45, 2.75) is 84.1 Å². The van der Waals surface area contributed by atoms with E-state index >= 15 is 0 Å². The minimum Gasteiger partial charge on any atom is -0.358 e. The second-order valence-corrected chi connectivity index (χ2v) is 3.30. The van der Waals surface area contributed by atoms with Crippen molar-refractivity contribution in [3.63, 3.8) is 0 Å². The number of nitrogens with one attached hydrogen (secondary N) is 2. The SMILES string of the molecule is C.C.CC.CC.CC.Cc1cnc(C)[nH]1.Cc1cnc(C)[nH]1.[CH3-].[CH3-].[W+2]. The van der Waals surface area contributed by atoms with Crippen molar-refractivity contribution in [2.24, 2.45) is 0 Å². The first-order valence-corrected chi connectivity index (χ1v) is 7.54. The zero-order valence-corrected chi connectivity index (χ0v) is 20.4. The summed E-state index contributed by atoms with van der Waals surface area (Å²) in [5, 5.41) is 0. The summed E-state index contributed by atoms with van der Waals surface area (Å²) >= 11 is 0. The average molecular weight is 528 g/mol. The summed E-state index contributed by atoms with van der Waals surface area (Å²) in [5.74, 6) is 1.97. The fourth-order valence-corrected chi connectivity index (χ4v) is 1.09. The van der Waals surface area contributed by atoms with Gasteiger partial charge in [-0.3, -0.25) is 0 Å². The summed E-state index contributed by atoms with van der Waals surface area (Å²) in [7, 11) is 0. The molecule has 0 aliphatic heterocycles. The van der Waals surface area contributed by atoms with Crippen molar-refractivity contribution in [3.8, 4) is 0 Å². The van der Waals surface area contributed by atoms with Gasteiger partial charge in [0.25, 0.3) is 0 Å². The molecule has 0 aliphatic carbocycles. The Labute approximate surface area is 175 Å². The van der Waals surface area contributed by atoms with Crippen LogP contribution in [0.1, 0.15) is 79.4 Å². The molecule has 2 aromatic heterocycles. The van der Waals surface area contributed by atoms with E-state index in [1.165, 1.54) is 0 Å². The molecule has 2 N–H and O–H groups in total. The molecule has 0 aromatic carbocycles. The predicted molar refractivity (Wildman–Crippen MR) is 116 cm³/mol. The maximum absolute atomic E-state index is 3.96. The maximum atomic E-state index is 3.96. The molecular formula is C20H48N4W. The monoisotopic (exact) mass is 528 g/mol. The number of aryl methyl sites for hydroxylation is 4. The standard InChI is InChI=1S/2C5H8N2.3C2H6.2CH4.2CH3.W/c2*1-4-3-6-5(2)7-4;3*1-2;;;;;/h2*3H,1-2H3,(H,6,7);3*1-2H3;2*1H4;2*1H3;/q;;;;;;;2*-1;+2. The van der Waals surface area contributed by atoms with Crippen LogP contribution in [0.15, 0.2) is 12.4 Å². The zero-order valence-electron chi connectivity index (χ0n) is 17.5. The third kappa shape index (κ3) is 35.2. The summed E-state index contributed by atoms with van der Waals surface area (Å²) in [4.78, 5) is 14.0. The molecule has 2 aromatic rings. The van der Waals surface area contributed by atoms with Crippen molar-refractivity contribution in [2.75, 3.05) is 0 Å². The van der Waals surface area contributed by atoms with Crippen LogP contribution in [0.25, 0.3) is 0 Å². The second-order valence-electron chi connectivity index (χ2n) is 3.30. The molecule has 2 rings (SSSR count). The third-order valence-electron chi connectivity index (χ3n) is 1.66. The molecule has 25 heavy (non-hydrogen) atoms. The molecule has 0 unspecified atom stereocenters. The molecule has 0 radical (unpaired) electrons. The number of imidazole rings is 2. The van der Waals surface area contributed by atoms with Crippen LogP contribution in [0.4, 0.5) is 0 Å². The quantitative estimate of drug-likeness (QED) is 0.353. The molecule has 0 saturated carbocycles. The molecule has 0 bridgehead atoms. The van der Waals surface area contributed by atoms with Gasteiger partial charge in [-0.15, -0.1) is 0 Å². The van der Waals surface area contributed by atoms with Gasteiger partial charge in [-0.2, -0.15) is 0 Å². The van der Waals surface area contributed by atoms with Crippen LogP contribution < -0.4 is 0 Å². The van der Waals surface area contributed by atoms with E-state index in [0.29, 0.717) is 0 Å². The van der Waals surface area contributed by atoms with Crippen LogP contribution in [0.5, 0.6) is 0 Å². The van der Waals surface area contributed by atoms with Crippen LogP contribution in [0, 0.1) is 42.5 Å². The zero-order chi connectivity index (χ0) is 16.6. The molecule has 0 fully saturated rings. The Morgan fingerprint density at radius 1 is 0.600 bits per heavy atom.